The number of aliphatic hydroxyl groups excluding tert-OH is 5. The van der Waals surface area contributed by atoms with Gasteiger partial charge in [-0.15, -0.1) is 0 Å². The van der Waals surface area contributed by atoms with Crippen molar-refractivity contribution in [2.24, 2.45) is 28.6 Å². The van der Waals surface area contributed by atoms with Crippen LogP contribution in [0.5, 0.6) is 0 Å². The van der Waals surface area contributed by atoms with Crippen LogP contribution < -0.4 is 0 Å². The molecule has 6 fully saturated rings. The number of aliphatic hydroxyl groups is 7. The molecule has 15 heteroatoms. The molecule has 15 nitrogen and oxygen atoms in total. The number of aldehydes is 1. The molecule has 0 amide bonds. The van der Waals surface area contributed by atoms with Gasteiger partial charge in [0.15, 0.2) is 12.6 Å². The summed E-state index contributed by atoms with van der Waals surface area (Å²) in [5.74, 6) is -0.777. The first-order valence-corrected chi connectivity index (χ1v) is 18.4. The van der Waals surface area contributed by atoms with Gasteiger partial charge in [-0.25, -0.2) is 4.79 Å². The molecule has 51 heavy (non-hydrogen) atoms. The SMILES string of the molecule is CO[C@H]1[C@@H](O)[C@@H](O[C@@H]2CC[C@]3(C=O)[C@H]4CC[C@]5(C)[C@H](C6=CC(=O)OC6)CC[C@]5(O)[C@@H]4CC[C@]3(O)C2)O[C@H](C)[C@@H]1O[C@@H]1O[C@H](CO)[C@H](O)[C@@H](O)[C@H]1O. The molecule has 288 valence electrons. The first kappa shape index (κ1) is 37.7. The average Bonchev–Trinajstić information content (AvgIpc) is 3.65. The normalized spacial score (nSPS) is 54.2. The van der Waals surface area contributed by atoms with Crippen LogP contribution in [0.15, 0.2) is 11.6 Å². The number of ether oxygens (including phenoxy) is 6. The van der Waals surface area contributed by atoms with Crippen molar-refractivity contribution in [2.75, 3.05) is 20.3 Å². The number of cyclic esters (lactones) is 1. The zero-order chi connectivity index (χ0) is 36.7. The molecule has 3 heterocycles. The summed E-state index contributed by atoms with van der Waals surface area (Å²) in [5, 5.41) is 76.7. The van der Waals surface area contributed by atoms with Gasteiger partial charge in [0.2, 0.25) is 0 Å². The molecule has 4 aliphatic carbocycles. The molecule has 2 saturated heterocycles. The van der Waals surface area contributed by atoms with E-state index in [1.165, 1.54) is 7.11 Å². The summed E-state index contributed by atoms with van der Waals surface area (Å²) in [4.78, 5) is 25.1. The summed E-state index contributed by atoms with van der Waals surface area (Å²) < 4.78 is 34.6. The van der Waals surface area contributed by atoms with Crippen LogP contribution in [0.25, 0.3) is 0 Å². The molecule has 4 saturated carbocycles. The lowest BCUT2D eigenvalue weighted by Gasteiger charge is -2.65. The zero-order valence-corrected chi connectivity index (χ0v) is 29.4. The van der Waals surface area contributed by atoms with E-state index in [1.54, 1.807) is 13.0 Å². The highest BCUT2D eigenvalue weighted by molar-refractivity contribution is 5.85. The molecule has 7 aliphatic rings. The largest absolute Gasteiger partial charge is 0.458 e. The second-order valence-corrected chi connectivity index (χ2v) is 16.4. The highest BCUT2D eigenvalue weighted by Gasteiger charge is 2.71. The predicted octanol–water partition coefficient (Wildman–Crippen LogP) is -0.772. The third-order valence-electron chi connectivity index (χ3n) is 14.3. The lowest BCUT2D eigenvalue weighted by molar-refractivity contribution is -0.363. The Kier molecular flexibility index (Phi) is 10.1. The van der Waals surface area contributed by atoms with E-state index in [2.05, 4.69) is 6.92 Å². The van der Waals surface area contributed by atoms with Crippen molar-refractivity contribution in [1.29, 1.82) is 0 Å². The molecule has 7 rings (SSSR count). The van der Waals surface area contributed by atoms with E-state index >= 15 is 0 Å². The van der Waals surface area contributed by atoms with Crippen molar-refractivity contribution < 1.29 is 73.8 Å². The van der Waals surface area contributed by atoms with Crippen molar-refractivity contribution >= 4 is 12.3 Å². The van der Waals surface area contributed by atoms with Gasteiger partial charge in [0, 0.05) is 25.0 Å². The molecule has 7 N–H and O–H groups in total. The second-order valence-electron chi connectivity index (χ2n) is 16.4. The van der Waals surface area contributed by atoms with E-state index in [0.717, 1.165) is 18.3 Å². The van der Waals surface area contributed by atoms with Gasteiger partial charge < -0.3 is 69.0 Å². The van der Waals surface area contributed by atoms with Crippen LogP contribution in [0.4, 0.5) is 0 Å². The van der Waals surface area contributed by atoms with Crippen molar-refractivity contribution in [3.63, 3.8) is 0 Å². The molecular formula is C36H54O15. The van der Waals surface area contributed by atoms with Gasteiger partial charge in [0.1, 0.15) is 55.6 Å². The second kappa shape index (κ2) is 13.6. The maximum atomic E-state index is 13.2. The summed E-state index contributed by atoms with van der Waals surface area (Å²) in [6, 6.07) is 0. The average molecular weight is 727 g/mol. The first-order chi connectivity index (χ1) is 24.2. The van der Waals surface area contributed by atoms with Crippen molar-refractivity contribution in [3.05, 3.63) is 11.6 Å². The summed E-state index contributed by atoms with van der Waals surface area (Å²) in [6.07, 6.45) is -6.79. The Hall–Kier alpha value is -1.60. The fraction of sp³-hybridized carbons (Fsp3) is 0.889. The van der Waals surface area contributed by atoms with Crippen molar-refractivity contribution in [2.45, 2.75) is 150 Å². The van der Waals surface area contributed by atoms with Gasteiger partial charge in [0.05, 0.1) is 35.4 Å². The summed E-state index contributed by atoms with van der Waals surface area (Å²) >= 11 is 0. The third kappa shape index (κ3) is 5.68. The van der Waals surface area contributed by atoms with Crippen molar-refractivity contribution in [1.82, 2.24) is 0 Å². The minimum Gasteiger partial charge on any atom is -0.458 e. The number of esters is 1. The Bertz CT molecular complexity index is 1360. The standard InChI is InChI=1S/C36H54O15/c1-17-29(51-31-27(42)26(41)25(40)23(14-37)50-31)30(46-3)28(43)32(48-17)49-19-4-9-34(16-38)21-5-8-33(2)20(18-12-24(39)47-15-18)7-11-36(33,45)22(21)6-10-35(34,44)13-19/h12,16-17,19-23,25-32,37,40-45H,4-11,13-15H2,1-3H3/t17-,19-,20+,21+,22-,23-,25+,26-,27-,28-,29+,30+,31+,32-,33-,34+,35+,36+/m1/s1. The maximum Gasteiger partial charge on any atom is 0.331 e. The van der Waals surface area contributed by atoms with Gasteiger partial charge in [-0.05, 0) is 81.6 Å². The quantitative estimate of drug-likeness (QED) is 0.0925. The van der Waals surface area contributed by atoms with Gasteiger partial charge in [-0.2, -0.15) is 0 Å². The molecule has 0 spiro atoms. The van der Waals surface area contributed by atoms with E-state index in [4.69, 9.17) is 28.4 Å². The fourth-order valence-electron chi connectivity index (χ4n) is 11.5. The molecule has 0 aromatic heterocycles. The molecule has 0 unspecified atom stereocenters. The number of carbonyl (C=O) groups is 2. The molecule has 0 aromatic carbocycles. The first-order valence-electron chi connectivity index (χ1n) is 18.4. The van der Waals surface area contributed by atoms with Crippen LogP contribution in [-0.2, 0) is 38.0 Å². The number of hydrogen-bond acceptors (Lipinski definition) is 15. The van der Waals surface area contributed by atoms with Crippen LogP contribution in [-0.4, -0.2) is 147 Å². The van der Waals surface area contributed by atoms with Crippen LogP contribution >= 0.6 is 0 Å². The number of rotatable bonds is 8. The van der Waals surface area contributed by atoms with Gasteiger partial charge >= 0.3 is 5.97 Å². The number of methoxy groups -OCH3 is 1. The molecule has 0 bridgehead atoms. The minimum absolute atomic E-state index is 0.00877. The Morgan fingerprint density at radius 3 is 2.27 bits per heavy atom. The van der Waals surface area contributed by atoms with E-state index < -0.39 is 96.2 Å². The third-order valence-corrected chi connectivity index (χ3v) is 14.3. The zero-order valence-electron chi connectivity index (χ0n) is 29.4. The Morgan fingerprint density at radius 1 is 0.882 bits per heavy atom. The molecule has 18 atom stereocenters. The van der Waals surface area contributed by atoms with Crippen LogP contribution in [0.3, 0.4) is 0 Å². The maximum absolute atomic E-state index is 13.2. The van der Waals surface area contributed by atoms with E-state index in [-0.39, 0.29) is 36.8 Å². The number of carbonyl (C=O) groups excluding carboxylic acids is 2. The Morgan fingerprint density at radius 2 is 1.61 bits per heavy atom. The van der Waals surface area contributed by atoms with Gasteiger partial charge in [0.25, 0.3) is 0 Å². The molecule has 0 radical (unpaired) electrons. The number of hydrogen-bond donors (Lipinski definition) is 7. The lowest BCUT2D eigenvalue weighted by atomic mass is 9.41. The topological polar surface area (TPSA) is 231 Å². The Balaban J connectivity index is 1.03. The smallest absolute Gasteiger partial charge is 0.331 e. The highest BCUT2D eigenvalue weighted by atomic mass is 16.7. The predicted molar refractivity (Wildman–Crippen MR) is 172 cm³/mol. The molecule has 0 aromatic rings. The van der Waals surface area contributed by atoms with Crippen LogP contribution in [0.1, 0.15) is 71.6 Å². The minimum atomic E-state index is -1.66. The van der Waals surface area contributed by atoms with E-state index in [9.17, 15) is 45.3 Å². The van der Waals surface area contributed by atoms with Gasteiger partial charge in [-0.1, -0.05) is 6.92 Å². The lowest BCUT2D eigenvalue weighted by Crippen LogP contribution is -2.69. The van der Waals surface area contributed by atoms with E-state index in [1.807, 2.05) is 0 Å². The molecular weight excluding hydrogens is 672 g/mol. The van der Waals surface area contributed by atoms with Crippen LogP contribution in [0, 0.1) is 28.6 Å². The van der Waals surface area contributed by atoms with E-state index in [0.29, 0.717) is 44.9 Å². The monoisotopic (exact) mass is 726 g/mol. The summed E-state index contributed by atoms with van der Waals surface area (Å²) in [5.41, 5.74) is -3.11. The fourth-order valence-corrected chi connectivity index (χ4v) is 11.5. The van der Waals surface area contributed by atoms with Crippen LogP contribution in [0.2, 0.25) is 0 Å². The Labute approximate surface area is 296 Å². The summed E-state index contributed by atoms with van der Waals surface area (Å²) in [6.45, 7) is 3.37. The highest BCUT2D eigenvalue weighted by Crippen LogP contribution is 2.70. The van der Waals surface area contributed by atoms with Gasteiger partial charge in [-0.3, -0.25) is 0 Å². The summed E-state index contributed by atoms with van der Waals surface area (Å²) in [7, 11) is 1.36. The number of fused-ring (bicyclic) bond motifs is 5. The molecule has 3 aliphatic heterocycles. The van der Waals surface area contributed by atoms with Crippen molar-refractivity contribution in [3.8, 4) is 0 Å².